The molecule has 4 atom stereocenters. The highest BCUT2D eigenvalue weighted by Crippen LogP contribution is 2.53. The number of Topliss-reactive ketones (excluding diaryl/α,β-unsaturated/α-hetero) is 1. The van der Waals surface area contributed by atoms with Gasteiger partial charge in [-0.1, -0.05) is 19.1 Å². The van der Waals surface area contributed by atoms with Crippen LogP contribution in [0.4, 0.5) is 0 Å². The smallest absolute Gasteiger partial charge is 0.164 e. The third-order valence-corrected chi connectivity index (χ3v) is 3.54. The van der Waals surface area contributed by atoms with E-state index in [9.17, 15) is 9.90 Å². The van der Waals surface area contributed by atoms with Crippen LogP contribution in [0.3, 0.4) is 0 Å². The molecule has 0 aromatic rings. The first kappa shape index (κ1) is 8.95. The van der Waals surface area contributed by atoms with Crippen molar-refractivity contribution in [2.45, 2.75) is 32.8 Å². The zero-order chi connectivity index (χ0) is 9.64. The molecule has 0 aromatic heterocycles. The van der Waals surface area contributed by atoms with Crippen LogP contribution in [0.1, 0.15) is 26.7 Å². The van der Waals surface area contributed by atoms with Crippen LogP contribution in [0.25, 0.3) is 0 Å². The molecule has 2 aliphatic carbocycles. The summed E-state index contributed by atoms with van der Waals surface area (Å²) in [5.74, 6) is 0.662. The second-order valence-electron chi connectivity index (χ2n) is 4.70. The lowest BCUT2D eigenvalue weighted by atomic mass is 9.76. The van der Waals surface area contributed by atoms with Gasteiger partial charge in [0, 0.05) is 5.92 Å². The van der Waals surface area contributed by atoms with Crippen molar-refractivity contribution in [2.75, 3.05) is 0 Å². The summed E-state index contributed by atoms with van der Waals surface area (Å²) in [5.41, 5.74) is 0.0404. The summed E-state index contributed by atoms with van der Waals surface area (Å²) < 4.78 is 0. The van der Waals surface area contributed by atoms with Gasteiger partial charge in [0.15, 0.2) is 5.78 Å². The molecule has 72 valence electrons. The number of hydrogen-bond donors (Lipinski definition) is 1. The predicted octanol–water partition coefficient (Wildman–Crippen LogP) is 1.54. The average Bonchev–Trinajstić information content (AvgIpc) is 2.57. The topological polar surface area (TPSA) is 37.3 Å². The minimum atomic E-state index is -0.797. The molecule has 2 heteroatoms. The Morgan fingerprint density at radius 3 is 2.77 bits per heavy atom. The van der Waals surface area contributed by atoms with Gasteiger partial charge >= 0.3 is 0 Å². The number of aliphatic hydroxyl groups excluding tert-OH is 1. The third-order valence-electron chi connectivity index (χ3n) is 3.54. The van der Waals surface area contributed by atoms with Gasteiger partial charge in [-0.3, -0.25) is 4.79 Å². The van der Waals surface area contributed by atoms with Gasteiger partial charge in [0.25, 0.3) is 0 Å². The Labute approximate surface area is 78.6 Å². The van der Waals surface area contributed by atoms with Crippen molar-refractivity contribution >= 4 is 5.78 Å². The second kappa shape index (κ2) is 2.68. The largest absolute Gasteiger partial charge is 0.386 e. The summed E-state index contributed by atoms with van der Waals surface area (Å²) in [4.78, 5) is 11.7. The number of hydrogen-bond acceptors (Lipinski definition) is 2. The van der Waals surface area contributed by atoms with Gasteiger partial charge in [0.05, 0.1) is 0 Å². The molecule has 0 aliphatic heterocycles. The van der Waals surface area contributed by atoms with Crippen LogP contribution in [0.2, 0.25) is 0 Å². The Morgan fingerprint density at radius 1 is 1.69 bits per heavy atom. The van der Waals surface area contributed by atoms with E-state index in [0.29, 0.717) is 5.92 Å². The summed E-state index contributed by atoms with van der Waals surface area (Å²) >= 11 is 0. The molecule has 0 saturated heterocycles. The molecular weight excluding hydrogens is 164 g/mol. The van der Waals surface area contributed by atoms with Crippen LogP contribution >= 0.6 is 0 Å². The van der Waals surface area contributed by atoms with Crippen LogP contribution in [-0.2, 0) is 4.79 Å². The average molecular weight is 180 g/mol. The first-order valence-corrected chi connectivity index (χ1v) is 4.94. The molecule has 1 saturated carbocycles. The molecule has 2 rings (SSSR count). The molecule has 2 bridgehead atoms. The normalized spacial score (nSPS) is 43.9. The lowest BCUT2D eigenvalue weighted by molar-refractivity contribution is -0.132. The van der Waals surface area contributed by atoms with Crippen molar-refractivity contribution < 1.29 is 9.90 Å². The van der Waals surface area contributed by atoms with E-state index in [4.69, 9.17) is 0 Å². The number of ketones is 1. The summed E-state index contributed by atoms with van der Waals surface area (Å²) in [7, 11) is 0. The zero-order valence-corrected chi connectivity index (χ0v) is 8.16. The number of aliphatic hydroxyl groups is 1. The molecule has 2 nitrogen and oxygen atoms in total. The summed E-state index contributed by atoms with van der Waals surface area (Å²) in [5, 5.41) is 9.25. The maximum absolute atomic E-state index is 11.7. The van der Waals surface area contributed by atoms with E-state index in [1.54, 1.807) is 6.92 Å². The number of carbonyl (C=O) groups is 1. The van der Waals surface area contributed by atoms with Crippen molar-refractivity contribution in [3.63, 3.8) is 0 Å². The molecule has 0 amide bonds. The Morgan fingerprint density at radius 2 is 2.38 bits per heavy atom. The molecule has 0 aromatic carbocycles. The molecule has 0 heterocycles. The maximum atomic E-state index is 11.7. The highest BCUT2D eigenvalue weighted by Gasteiger charge is 2.48. The highest BCUT2D eigenvalue weighted by atomic mass is 16.3. The van der Waals surface area contributed by atoms with E-state index in [1.807, 2.05) is 0 Å². The molecule has 0 radical (unpaired) electrons. The van der Waals surface area contributed by atoms with E-state index in [-0.39, 0.29) is 17.1 Å². The van der Waals surface area contributed by atoms with Crippen LogP contribution in [0, 0.1) is 17.3 Å². The Balaban J connectivity index is 2.19. The van der Waals surface area contributed by atoms with Gasteiger partial charge < -0.3 is 5.11 Å². The number of rotatable bonds is 2. The first-order chi connectivity index (χ1) is 6.03. The van der Waals surface area contributed by atoms with Gasteiger partial charge in [-0.25, -0.2) is 0 Å². The SMILES string of the molecule is CC(O)C(=O)C1CC2C=CC1(C)C2. The highest BCUT2D eigenvalue weighted by molar-refractivity contribution is 5.86. The first-order valence-electron chi connectivity index (χ1n) is 4.94. The maximum Gasteiger partial charge on any atom is 0.164 e. The fourth-order valence-corrected chi connectivity index (χ4v) is 2.78. The van der Waals surface area contributed by atoms with Crippen LogP contribution in [-0.4, -0.2) is 17.0 Å². The molecule has 1 fully saturated rings. The van der Waals surface area contributed by atoms with Crippen molar-refractivity contribution in [3.05, 3.63) is 12.2 Å². The Hall–Kier alpha value is -0.630. The van der Waals surface area contributed by atoms with Gasteiger partial charge in [-0.2, -0.15) is 0 Å². The standard InChI is InChI=1S/C11H16O2/c1-7(12)10(13)9-5-8-3-4-11(9,2)6-8/h3-4,7-9,12H,5-6H2,1-2H3. The van der Waals surface area contributed by atoms with E-state index >= 15 is 0 Å². The van der Waals surface area contributed by atoms with Crippen LogP contribution in [0.15, 0.2) is 12.2 Å². The molecule has 2 aliphatic rings. The van der Waals surface area contributed by atoms with Crippen molar-refractivity contribution in [3.8, 4) is 0 Å². The predicted molar refractivity (Wildman–Crippen MR) is 50.1 cm³/mol. The second-order valence-corrected chi connectivity index (χ2v) is 4.70. The van der Waals surface area contributed by atoms with E-state index in [0.717, 1.165) is 12.8 Å². The lowest BCUT2D eigenvalue weighted by Crippen LogP contribution is -2.33. The van der Waals surface area contributed by atoms with Gasteiger partial charge in [0.2, 0.25) is 0 Å². The van der Waals surface area contributed by atoms with E-state index in [2.05, 4.69) is 19.1 Å². The van der Waals surface area contributed by atoms with Crippen LogP contribution < -0.4 is 0 Å². The fourth-order valence-electron chi connectivity index (χ4n) is 2.78. The van der Waals surface area contributed by atoms with Crippen LogP contribution in [0.5, 0.6) is 0 Å². The van der Waals surface area contributed by atoms with Gasteiger partial charge in [0.1, 0.15) is 6.10 Å². The third kappa shape index (κ3) is 1.24. The van der Waals surface area contributed by atoms with E-state index < -0.39 is 6.10 Å². The lowest BCUT2D eigenvalue weighted by Gasteiger charge is -2.27. The summed E-state index contributed by atoms with van der Waals surface area (Å²) in [6, 6.07) is 0. The quantitative estimate of drug-likeness (QED) is 0.654. The molecule has 0 spiro atoms. The van der Waals surface area contributed by atoms with Gasteiger partial charge in [-0.05, 0) is 31.1 Å². The molecule has 4 unspecified atom stereocenters. The fraction of sp³-hybridized carbons (Fsp3) is 0.727. The van der Waals surface area contributed by atoms with E-state index in [1.165, 1.54) is 0 Å². The molecular formula is C11H16O2. The molecule has 1 N–H and O–H groups in total. The van der Waals surface area contributed by atoms with Crippen molar-refractivity contribution in [2.24, 2.45) is 17.3 Å². The molecule has 13 heavy (non-hydrogen) atoms. The number of carbonyl (C=O) groups excluding carboxylic acids is 1. The zero-order valence-electron chi connectivity index (χ0n) is 8.16. The van der Waals surface area contributed by atoms with Gasteiger partial charge in [-0.15, -0.1) is 0 Å². The Kier molecular flexibility index (Phi) is 1.84. The monoisotopic (exact) mass is 180 g/mol. The minimum Gasteiger partial charge on any atom is -0.386 e. The number of fused-ring (bicyclic) bond motifs is 2. The Bertz CT molecular complexity index is 267. The van der Waals surface area contributed by atoms with Crippen molar-refractivity contribution in [1.82, 2.24) is 0 Å². The summed E-state index contributed by atoms with van der Waals surface area (Å²) in [6.45, 7) is 3.70. The van der Waals surface area contributed by atoms with Crippen molar-refractivity contribution in [1.29, 1.82) is 0 Å². The summed E-state index contributed by atoms with van der Waals surface area (Å²) in [6.07, 6.45) is 5.61. The minimum absolute atomic E-state index is 0.0225. The number of allylic oxidation sites excluding steroid dienone is 2.